The van der Waals surface area contributed by atoms with Gasteiger partial charge in [-0.2, -0.15) is 0 Å². The summed E-state index contributed by atoms with van der Waals surface area (Å²) in [5.74, 6) is 0. The lowest BCUT2D eigenvalue weighted by molar-refractivity contribution is 0.668. The summed E-state index contributed by atoms with van der Waals surface area (Å²) in [6, 6.07) is 60.2. The van der Waals surface area contributed by atoms with Crippen LogP contribution in [0.5, 0.6) is 0 Å². The SMILES string of the molecule is c1ccc(-n2c3ccccc3c3c(N(c4ccc5c(ccc6oc7ccccc7c65)c4)c4ccc5oc6ccccc6c5c4)cccc32)cc1. The van der Waals surface area contributed by atoms with Crippen LogP contribution in [0.15, 0.2) is 179 Å². The van der Waals surface area contributed by atoms with E-state index in [1.54, 1.807) is 0 Å². The van der Waals surface area contributed by atoms with Crippen molar-refractivity contribution in [3.63, 3.8) is 0 Å². The largest absolute Gasteiger partial charge is 0.456 e. The zero-order chi connectivity index (χ0) is 32.8. The third kappa shape index (κ3) is 3.87. The van der Waals surface area contributed by atoms with Gasteiger partial charge in [0.1, 0.15) is 22.3 Å². The topological polar surface area (TPSA) is 34.5 Å². The number of para-hydroxylation sites is 4. The summed E-state index contributed by atoms with van der Waals surface area (Å²) >= 11 is 0. The number of anilines is 3. The Hall–Kier alpha value is -6.78. The van der Waals surface area contributed by atoms with Gasteiger partial charge < -0.3 is 18.3 Å². The van der Waals surface area contributed by atoms with Gasteiger partial charge in [0, 0.05) is 49.4 Å². The Kier molecular flexibility index (Phi) is 5.63. The van der Waals surface area contributed by atoms with E-state index in [1.165, 1.54) is 21.7 Å². The Morgan fingerprint density at radius 1 is 0.380 bits per heavy atom. The van der Waals surface area contributed by atoms with E-state index in [-0.39, 0.29) is 0 Å². The minimum Gasteiger partial charge on any atom is -0.456 e. The number of furan rings is 2. The minimum atomic E-state index is 0.876. The van der Waals surface area contributed by atoms with Crippen LogP contribution in [-0.4, -0.2) is 4.57 Å². The molecule has 11 rings (SSSR count). The van der Waals surface area contributed by atoms with Gasteiger partial charge in [-0.15, -0.1) is 0 Å². The van der Waals surface area contributed by atoms with E-state index in [0.717, 1.165) is 77.5 Å². The average Bonchev–Trinajstić information content (AvgIpc) is 3.85. The summed E-state index contributed by atoms with van der Waals surface area (Å²) in [4.78, 5) is 2.41. The summed E-state index contributed by atoms with van der Waals surface area (Å²) in [6.45, 7) is 0. The molecule has 3 aromatic heterocycles. The third-order valence-corrected chi connectivity index (χ3v) is 10.1. The first-order valence-corrected chi connectivity index (χ1v) is 16.9. The highest BCUT2D eigenvalue weighted by atomic mass is 16.3. The fraction of sp³-hybridized carbons (Fsp3) is 0. The second kappa shape index (κ2) is 10.4. The molecule has 0 atom stereocenters. The Morgan fingerprint density at radius 3 is 1.90 bits per heavy atom. The lowest BCUT2D eigenvalue weighted by Gasteiger charge is -2.27. The van der Waals surface area contributed by atoms with Gasteiger partial charge in [-0.25, -0.2) is 0 Å². The lowest BCUT2D eigenvalue weighted by atomic mass is 10.0. The average molecular weight is 641 g/mol. The number of hydrogen-bond acceptors (Lipinski definition) is 3. The molecular formula is C46H28N2O2. The number of fused-ring (bicyclic) bond motifs is 11. The molecule has 3 heterocycles. The number of nitrogens with zero attached hydrogens (tertiary/aromatic N) is 2. The van der Waals surface area contributed by atoms with Gasteiger partial charge in [-0.1, -0.05) is 91.0 Å². The maximum absolute atomic E-state index is 6.27. The van der Waals surface area contributed by atoms with Crippen molar-refractivity contribution in [3.8, 4) is 5.69 Å². The van der Waals surface area contributed by atoms with Gasteiger partial charge in [0.15, 0.2) is 0 Å². The predicted molar refractivity (Wildman–Crippen MR) is 208 cm³/mol. The standard InChI is InChI=1S/C46H28N2O2/c1-2-11-30(12-3-1)48-38-16-7-4-14-35(38)46-39(17-10-18-40(46)48)47(32-23-26-43-37(28-32)34-13-5-8-19-41(34)49-43)31-22-24-33-29(27-31)21-25-44-45(33)36-15-6-9-20-42(36)50-44/h1-28H. The third-order valence-electron chi connectivity index (χ3n) is 10.1. The van der Waals surface area contributed by atoms with E-state index < -0.39 is 0 Å². The van der Waals surface area contributed by atoms with Crippen molar-refractivity contribution < 1.29 is 8.83 Å². The van der Waals surface area contributed by atoms with Crippen molar-refractivity contribution in [2.45, 2.75) is 0 Å². The second-order valence-electron chi connectivity index (χ2n) is 12.9. The molecule has 50 heavy (non-hydrogen) atoms. The van der Waals surface area contributed by atoms with Crippen LogP contribution in [0, 0.1) is 0 Å². The zero-order valence-electron chi connectivity index (χ0n) is 26.9. The first-order valence-electron chi connectivity index (χ1n) is 16.9. The molecule has 0 fully saturated rings. The zero-order valence-corrected chi connectivity index (χ0v) is 26.9. The number of aromatic nitrogens is 1. The van der Waals surface area contributed by atoms with Crippen LogP contribution >= 0.6 is 0 Å². The maximum Gasteiger partial charge on any atom is 0.136 e. The van der Waals surface area contributed by atoms with Crippen molar-refractivity contribution in [1.29, 1.82) is 0 Å². The Bertz CT molecular complexity index is 3110. The molecule has 0 spiro atoms. The lowest BCUT2D eigenvalue weighted by Crippen LogP contribution is -2.10. The first kappa shape index (κ1) is 27.2. The van der Waals surface area contributed by atoms with Crippen LogP contribution in [0.3, 0.4) is 0 Å². The number of benzene rings is 8. The van der Waals surface area contributed by atoms with Crippen molar-refractivity contribution in [1.82, 2.24) is 4.57 Å². The Balaban J connectivity index is 1.22. The second-order valence-corrected chi connectivity index (χ2v) is 12.9. The molecule has 0 saturated heterocycles. The highest BCUT2D eigenvalue weighted by molar-refractivity contribution is 6.20. The van der Waals surface area contributed by atoms with E-state index in [9.17, 15) is 0 Å². The van der Waals surface area contributed by atoms with Crippen molar-refractivity contribution in [2.24, 2.45) is 0 Å². The molecule has 4 heteroatoms. The van der Waals surface area contributed by atoms with Gasteiger partial charge in [-0.05, 0) is 89.6 Å². The van der Waals surface area contributed by atoms with Gasteiger partial charge in [0.2, 0.25) is 0 Å². The van der Waals surface area contributed by atoms with Crippen LogP contribution in [0.2, 0.25) is 0 Å². The maximum atomic E-state index is 6.27. The first-order chi connectivity index (χ1) is 24.8. The summed E-state index contributed by atoms with van der Waals surface area (Å²) in [5, 5.41) is 9.20. The van der Waals surface area contributed by atoms with Crippen LogP contribution in [0.4, 0.5) is 17.1 Å². The van der Waals surface area contributed by atoms with E-state index in [0.29, 0.717) is 0 Å². The summed E-state index contributed by atoms with van der Waals surface area (Å²) < 4.78 is 14.9. The van der Waals surface area contributed by atoms with Gasteiger partial charge in [0.05, 0.1) is 16.7 Å². The highest BCUT2D eigenvalue weighted by Crippen LogP contribution is 2.46. The molecule has 0 N–H and O–H groups in total. The molecule has 234 valence electrons. The van der Waals surface area contributed by atoms with Crippen LogP contribution < -0.4 is 4.90 Å². The summed E-state index contributed by atoms with van der Waals surface area (Å²) in [7, 11) is 0. The highest BCUT2D eigenvalue weighted by Gasteiger charge is 2.22. The molecule has 0 unspecified atom stereocenters. The minimum absolute atomic E-state index is 0.876. The molecule has 4 nitrogen and oxygen atoms in total. The van der Waals surface area contributed by atoms with Crippen LogP contribution in [-0.2, 0) is 0 Å². The summed E-state index contributed by atoms with van der Waals surface area (Å²) in [5.41, 5.74) is 10.3. The molecule has 0 aliphatic heterocycles. The van der Waals surface area contributed by atoms with Gasteiger partial charge >= 0.3 is 0 Å². The van der Waals surface area contributed by atoms with E-state index in [1.807, 2.05) is 24.3 Å². The Morgan fingerprint density at radius 2 is 1.02 bits per heavy atom. The number of hydrogen-bond donors (Lipinski definition) is 0. The number of rotatable bonds is 4. The van der Waals surface area contributed by atoms with Crippen molar-refractivity contribution in [3.05, 3.63) is 170 Å². The van der Waals surface area contributed by atoms with Crippen LogP contribution in [0.25, 0.3) is 82.1 Å². The molecule has 0 radical (unpaired) electrons. The Labute approximate surface area is 286 Å². The van der Waals surface area contributed by atoms with E-state index in [2.05, 4.69) is 155 Å². The molecule has 11 aromatic rings. The fourth-order valence-electron chi connectivity index (χ4n) is 8.00. The quantitative estimate of drug-likeness (QED) is 0.192. The molecule has 0 aliphatic rings. The van der Waals surface area contributed by atoms with E-state index in [4.69, 9.17) is 8.83 Å². The van der Waals surface area contributed by atoms with Crippen LogP contribution in [0.1, 0.15) is 0 Å². The molecule has 0 bridgehead atoms. The van der Waals surface area contributed by atoms with Gasteiger partial charge in [0.25, 0.3) is 0 Å². The molecule has 0 saturated carbocycles. The summed E-state index contributed by atoms with van der Waals surface area (Å²) in [6.07, 6.45) is 0. The monoisotopic (exact) mass is 640 g/mol. The molecule has 8 aromatic carbocycles. The predicted octanol–water partition coefficient (Wildman–Crippen LogP) is 13.2. The molecule has 0 aliphatic carbocycles. The van der Waals surface area contributed by atoms with Crippen molar-refractivity contribution >= 4 is 93.5 Å². The molecule has 0 amide bonds. The smallest absolute Gasteiger partial charge is 0.136 e. The van der Waals surface area contributed by atoms with Gasteiger partial charge in [-0.3, -0.25) is 0 Å². The van der Waals surface area contributed by atoms with Crippen molar-refractivity contribution in [2.75, 3.05) is 4.90 Å². The van der Waals surface area contributed by atoms with E-state index >= 15 is 0 Å². The normalized spacial score (nSPS) is 12.0. The molecular weight excluding hydrogens is 613 g/mol. The fourth-order valence-corrected chi connectivity index (χ4v) is 8.00.